The lowest BCUT2D eigenvalue weighted by Gasteiger charge is -2.16. The van der Waals surface area contributed by atoms with E-state index in [1.54, 1.807) is 0 Å². The third-order valence-electron chi connectivity index (χ3n) is 3.70. The molecule has 23 heavy (non-hydrogen) atoms. The van der Waals surface area contributed by atoms with E-state index < -0.39 is 0 Å². The molecule has 3 N–H and O–H groups in total. The van der Waals surface area contributed by atoms with Crippen molar-refractivity contribution in [3.63, 3.8) is 0 Å². The number of carbonyl (C=O) groups excluding carboxylic acids is 1. The molecule has 0 aromatic heterocycles. The van der Waals surface area contributed by atoms with Gasteiger partial charge in [-0.25, -0.2) is 0 Å². The van der Waals surface area contributed by atoms with Gasteiger partial charge in [-0.05, 0) is 50.7 Å². The molecule has 0 aliphatic heterocycles. The van der Waals surface area contributed by atoms with Crippen LogP contribution >= 0.6 is 0 Å². The first-order valence-corrected chi connectivity index (χ1v) is 7.83. The summed E-state index contributed by atoms with van der Waals surface area (Å²) in [6.07, 6.45) is 1.07. The predicted octanol–water partition coefficient (Wildman–Crippen LogP) is 3.21. The van der Waals surface area contributed by atoms with E-state index in [1.807, 2.05) is 50.5 Å². The summed E-state index contributed by atoms with van der Waals surface area (Å²) in [6, 6.07) is 13.8. The predicted molar refractivity (Wildman–Crippen MR) is 96.4 cm³/mol. The average molecular weight is 311 g/mol. The number of nitrogens with two attached hydrogens (primary N) is 1. The van der Waals surface area contributed by atoms with Crippen molar-refractivity contribution in [1.29, 1.82) is 0 Å². The highest BCUT2D eigenvalue weighted by Crippen LogP contribution is 2.20. The van der Waals surface area contributed by atoms with Gasteiger partial charge in [0.25, 0.3) is 0 Å². The van der Waals surface area contributed by atoms with Crippen LogP contribution in [0.25, 0.3) is 0 Å². The number of aryl methyl sites for hydroxylation is 2. The molecule has 0 aliphatic rings. The smallest absolute Gasteiger partial charge is 0.224 e. The summed E-state index contributed by atoms with van der Waals surface area (Å²) in [6.45, 7) is 2.85. The van der Waals surface area contributed by atoms with Crippen molar-refractivity contribution in [1.82, 2.24) is 4.90 Å². The fourth-order valence-electron chi connectivity index (χ4n) is 2.54. The summed E-state index contributed by atoms with van der Waals surface area (Å²) in [5, 5.41) is 3.03. The highest BCUT2D eigenvalue weighted by Gasteiger charge is 2.09. The number of anilines is 2. The lowest BCUT2D eigenvalue weighted by molar-refractivity contribution is -0.116. The van der Waals surface area contributed by atoms with Crippen LogP contribution < -0.4 is 11.1 Å². The molecule has 4 nitrogen and oxygen atoms in total. The van der Waals surface area contributed by atoms with E-state index in [0.29, 0.717) is 12.8 Å². The molecule has 0 spiro atoms. The third-order valence-corrected chi connectivity index (χ3v) is 3.70. The molecule has 0 aliphatic carbocycles. The topological polar surface area (TPSA) is 58.4 Å². The van der Waals surface area contributed by atoms with Crippen molar-refractivity contribution >= 4 is 17.3 Å². The number of nitrogen functional groups attached to an aromatic ring is 1. The van der Waals surface area contributed by atoms with Gasteiger partial charge in [0, 0.05) is 24.3 Å². The number of para-hydroxylation sites is 1. The summed E-state index contributed by atoms with van der Waals surface area (Å²) in [5.74, 6) is 0.0112. The van der Waals surface area contributed by atoms with Crippen LogP contribution in [0.2, 0.25) is 0 Å². The number of rotatable bonds is 6. The molecule has 0 heterocycles. The summed E-state index contributed by atoms with van der Waals surface area (Å²) >= 11 is 0. The number of hydrogen-bond acceptors (Lipinski definition) is 3. The Morgan fingerprint density at radius 3 is 2.57 bits per heavy atom. The van der Waals surface area contributed by atoms with Crippen LogP contribution in [-0.4, -0.2) is 24.9 Å². The van der Waals surface area contributed by atoms with Crippen LogP contribution in [-0.2, 0) is 17.8 Å². The zero-order valence-electron chi connectivity index (χ0n) is 14.1. The van der Waals surface area contributed by atoms with Crippen LogP contribution in [0.15, 0.2) is 42.5 Å². The maximum atomic E-state index is 12.3. The molecular formula is C19H25N3O. The number of benzene rings is 2. The summed E-state index contributed by atoms with van der Waals surface area (Å²) < 4.78 is 0. The number of nitrogens with one attached hydrogen (secondary N) is 1. The Morgan fingerprint density at radius 2 is 1.87 bits per heavy atom. The highest BCUT2D eigenvalue weighted by molar-refractivity contribution is 5.91. The second-order valence-corrected chi connectivity index (χ2v) is 6.15. The number of amides is 1. The largest absolute Gasteiger partial charge is 0.399 e. The zero-order valence-corrected chi connectivity index (χ0v) is 14.1. The van der Waals surface area contributed by atoms with Gasteiger partial charge >= 0.3 is 0 Å². The Labute approximate surface area is 138 Å². The minimum atomic E-state index is 0.0112. The second-order valence-electron chi connectivity index (χ2n) is 6.15. The quantitative estimate of drug-likeness (QED) is 0.805. The Kier molecular flexibility index (Phi) is 5.77. The molecule has 0 saturated carbocycles. The first-order valence-electron chi connectivity index (χ1n) is 7.83. The van der Waals surface area contributed by atoms with E-state index in [0.717, 1.165) is 29.0 Å². The minimum Gasteiger partial charge on any atom is -0.399 e. The molecule has 4 heteroatoms. The van der Waals surface area contributed by atoms with Crippen LogP contribution in [0.5, 0.6) is 0 Å². The fourth-order valence-corrected chi connectivity index (χ4v) is 2.54. The molecule has 0 radical (unpaired) electrons. The molecule has 2 aromatic carbocycles. The van der Waals surface area contributed by atoms with E-state index in [9.17, 15) is 4.79 Å². The van der Waals surface area contributed by atoms with Gasteiger partial charge in [-0.3, -0.25) is 4.79 Å². The average Bonchev–Trinajstić information content (AvgIpc) is 2.49. The minimum absolute atomic E-state index is 0.0112. The standard InChI is InChI=1S/C19H25N3O/c1-14-8-10-18(16(12-14)13-22(2)3)21-19(23)11-9-15-6-4-5-7-17(15)20/h4-8,10,12H,9,11,13,20H2,1-3H3,(H,21,23). The van der Waals surface area contributed by atoms with Crippen LogP contribution in [0, 0.1) is 6.92 Å². The second kappa shape index (κ2) is 7.79. The molecule has 1 amide bonds. The Balaban J connectivity index is 2.01. The Hall–Kier alpha value is -2.33. The molecule has 0 bridgehead atoms. The number of hydrogen-bond donors (Lipinski definition) is 2. The van der Waals surface area contributed by atoms with Gasteiger partial charge in [0.1, 0.15) is 0 Å². The first kappa shape index (κ1) is 17.0. The summed E-state index contributed by atoms with van der Waals surface area (Å²) in [5.41, 5.74) is 10.9. The lowest BCUT2D eigenvalue weighted by atomic mass is 10.1. The molecule has 122 valence electrons. The van der Waals surface area contributed by atoms with E-state index >= 15 is 0 Å². The third kappa shape index (κ3) is 5.11. The van der Waals surface area contributed by atoms with Gasteiger partial charge in [0.05, 0.1) is 0 Å². The highest BCUT2D eigenvalue weighted by atomic mass is 16.1. The SMILES string of the molecule is Cc1ccc(NC(=O)CCc2ccccc2N)c(CN(C)C)c1. The molecule has 0 atom stereocenters. The van der Waals surface area contributed by atoms with E-state index in [4.69, 9.17) is 5.73 Å². The molecule has 0 fully saturated rings. The monoisotopic (exact) mass is 311 g/mol. The molecule has 0 unspecified atom stereocenters. The van der Waals surface area contributed by atoms with Crippen LogP contribution in [0.4, 0.5) is 11.4 Å². The molecule has 2 rings (SSSR count). The maximum Gasteiger partial charge on any atom is 0.224 e. The lowest BCUT2D eigenvalue weighted by Crippen LogP contribution is -2.17. The van der Waals surface area contributed by atoms with Crippen molar-refractivity contribution in [3.05, 3.63) is 59.2 Å². The van der Waals surface area contributed by atoms with Gasteiger partial charge in [-0.1, -0.05) is 35.9 Å². The van der Waals surface area contributed by atoms with Gasteiger partial charge in [-0.15, -0.1) is 0 Å². The maximum absolute atomic E-state index is 12.3. The van der Waals surface area contributed by atoms with E-state index in [1.165, 1.54) is 5.56 Å². The Bertz CT molecular complexity index is 680. The Morgan fingerprint density at radius 1 is 1.13 bits per heavy atom. The van der Waals surface area contributed by atoms with Crippen molar-refractivity contribution in [3.8, 4) is 0 Å². The summed E-state index contributed by atoms with van der Waals surface area (Å²) in [4.78, 5) is 14.3. The van der Waals surface area contributed by atoms with Gasteiger partial charge < -0.3 is 16.0 Å². The van der Waals surface area contributed by atoms with Crippen molar-refractivity contribution in [2.75, 3.05) is 25.1 Å². The van der Waals surface area contributed by atoms with E-state index in [2.05, 4.69) is 23.2 Å². The van der Waals surface area contributed by atoms with Crippen molar-refractivity contribution in [2.45, 2.75) is 26.3 Å². The van der Waals surface area contributed by atoms with Gasteiger partial charge in [0.2, 0.25) is 5.91 Å². The van der Waals surface area contributed by atoms with E-state index in [-0.39, 0.29) is 5.91 Å². The normalized spacial score (nSPS) is 10.8. The van der Waals surface area contributed by atoms with Crippen molar-refractivity contribution < 1.29 is 4.79 Å². The molecular weight excluding hydrogens is 286 g/mol. The zero-order chi connectivity index (χ0) is 16.8. The number of carbonyl (C=O) groups is 1. The van der Waals surface area contributed by atoms with Crippen LogP contribution in [0.1, 0.15) is 23.1 Å². The summed E-state index contributed by atoms with van der Waals surface area (Å²) in [7, 11) is 4.04. The van der Waals surface area contributed by atoms with Crippen LogP contribution in [0.3, 0.4) is 0 Å². The number of nitrogens with zero attached hydrogens (tertiary/aromatic N) is 1. The molecule has 0 saturated heterocycles. The molecule has 2 aromatic rings. The van der Waals surface area contributed by atoms with Crippen molar-refractivity contribution in [2.24, 2.45) is 0 Å². The van der Waals surface area contributed by atoms with Gasteiger partial charge in [0.15, 0.2) is 0 Å². The van der Waals surface area contributed by atoms with Gasteiger partial charge in [-0.2, -0.15) is 0 Å². The fraction of sp³-hybridized carbons (Fsp3) is 0.316. The first-order chi connectivity index (χ1) is 11.0.